The van der Waals surface area contributed by atoms with E-state index >= 15 is 0 Å². The Morgan fingerprint density at radius 1 is 1.18 bits per heavy atom. The molecule has 0 saturated carbocycles. The molecular formula is C16H13BrFNO3. The van der Waals surface area contributed by atoms with Crippen molar-refractivity contribution < 1.29 is 19.1 Å². The molecule has 2 aromatic carbocycles. The van der Waals surface area contributed by atoms with Gasteiger partial charge in [-0.25, -0.2) is 9.18 Å². The molecule has 0 aliphatic carbocycles. The first kappa shape index (κ1) is 16.2. The molecule has 0 aliphatic rings. The fourth-order valence-corrected chi connectivity index (χ4v) is 2.40. The number of halogens is 2. The first-order chi connectivity index (χ1) is 10.5. The number of hydrogen-bond donors (Lipinski definition) is 2. The van der Waals surface area contributed by atoms with E-state index < -0.39 is 23.7 Å². The van der Waals surface area contributed by atoms with Crippen LogP contribution in [0, 0.1) is 5.82 Å². The molecule has 2 rings (SSSR count). The number of amides is 1. The van der Waals surface area contributed by atoms with Crippen molar-refractivity contribution in [1.29, 1.82) is 0 Å². The van der Waals surface area contributed by atoms with Gasteiger partial charge >= 0.3 is 5.97 Å². The topological polar surface area (TPSA) is 66.4 Å². The SMILES string of the molecule is O=C(N[C@@H](Cc1ccccc1Br)C(=O)O)c1cccc(F)c1. The predicted molar refractivity (Wildman–Crippen MR) is 83.1 cm³/mol. The van der Waals surface area contributed by atoms with Crippen molar-refractivity contribution in [3.05, 3.63) is 69.9 Å². The van der Waals surface area contributed by atoms with Gasteiger partial charge in [0.15, 0.2) is 0 Å². The number of aliphatic carboxylic acids is 1. The number of carboxylic acids is 1. The number of benzene rings is 2. The van der Waals surface area contributed by atoms with Crippen molar-refractivity contribution in [2.75, 3.05) is 0 Å². The minimum absolute atomic E-state index is 0.0818. The summed E-state index contributed by atoms with van der Waals surface area (Å²) < 4.78 is 13.9. The highest BCUT2D eigenvalue weighted by atomic mass is 79.9. The summed E-state index contributed by atoms with van der Waals surface area (Å²) >= 11 is 3.34. The van der Waals surface area contributed by atoms with Gasteiger partial charge in [0, 0.05) is 16.5 Å². The molecule has 0 saturated heterocycles. The zero-order chi connectivity index (χ0) is 16.1. The lowest BCUT2D eigenvalue weighted by molar-refractivity contribution is -0.139. The first-order valence-electron chi connectivity index (χ1n) is 6.50. The predicted octanol–water partition coefficient (Wildman–Crippen LogP) is 3.01. The molecule has 2 aromatic rings. The average Bonchev–Trinajstić information content (AvgIpc) is 2.48. The number of nitrogens with one attached hydrogen (secondary N) is 1. The van der Waals surface area contributed by atoms with Crippen molar-refractivity contribution in [1.82, 2.24) is 5.32 Å². The Bertz CT molecular complexity index is 705. The third-order valence-corrected chi connectivity index (χ3v) is 3.85. The highest BCUT2D eigenvalue weighted by molar-refractivity contribution is 9.10. The Morgan fingerprint density at radius 3 is 2.55 bits per heavy atom. The molecule has 0 unspecified atom stereocenters. The van der Waals surface area contributed by atoms with Crippen LogP contribution in [0.2, 0.25) is 0 Å². The van der Waals surface area contributed by atoms with E-state index in [1.165, 1.54) is 18.2 Å². The van der Waals surface area contributed by atoms with E-state index in [1.807, 2.05) is 6.07 Å². The van der Waals surface area contributed by atoms with E-state index in [4.69, 9.17) is 0 Å². The Kier molecular flexibility index (Phi) is 5.27. The molecule has 0 heterocycles. The van der Waals surface area contributed by atoms with Gasteiger partial charge in [-0.2, -0.15) is 0 Å². The zero-order valence-electron chi connectivity index (χ0n) is 11.4. The van der Waals surface area contributed by atoms with Crippen molar-refractivity contribution in [2.45, 2.75) is 12.5 Å². The van der Waals surface area contributed by atoms with Crippen LogP contribution in [-0.2, 0) is 11.2 Å². The molecule has 0 aromatic heterocycles. The number of carbonyl (C=O) groups excluding carboxylic acids is 1. The number of rotatable bonds is 5. The van der Waals surface area contributed by atoms with Crippen molar-refractivity contribution in [3.8, 4) is 0 Å². The molecule has 4 nitrogen and oxygen atoms in total. The molecule has 1 atom stereocenters. The summed E-state index contributed by atoms with van der Waals surface area (Å²) in [6, 6.07) is 11.2. The minimum atomic E-state index is -1.15. The summed E-state index contributed by atoms with van der Waals surface area (Å²) in [5, 5.41) is 11.7. The van der Waals surface area contributed by atoms with Gasteiger partial charge in [0.2, 0.25) is 0 Å². The van der Waals surface area contributed by atoms with Gasteiger partial charge in [0.05, 0.1) is 0 Å². The zero-order valence-corrected chi connectivity index (χ0v) is 13.0. The Labute approximate surface area is 135 Å². The fourth-order valence-electron chi connectivity index (χ4n) is 1.96. The summed E-state index contributed by atoms with van der Waals surface area (Å²) in [5.74, 6) is -2.33. The van der Waals surface area contributed by atoms with Crippen LogP contribution in [-0.4, -0.2) is 23.0 Å². The minimum Gasteiger partial charge on any atom is -0.480 e. The molecule has 0 radical (unpaired) electrons. The second kappa shape index (κ2) is 7.17. The van der Waals surface area contributed by atoms with Gasteiger partial charge in [-0.15, -0.1) is 0 Å². The standard InChI is InChI=1S/C16H13BrFNO3/c17-13-7-2-1-4-10(13)9-14(16(21)22)19-15(20)11-5-3-6-12(18)8-11/h1-8,14H,9H2,(H,19,20)(H,21,22)/t14-/m0/s1. The molecule has 114 valence electrons. The van der Waals surface area contributed by atoms with Gasteiger partial charge < -0.3 is 10.4 Å². The monoisotopic (exact) mass is 365 g/mol. The molecule has 0 fully saturated rings. The normalized spacial score (nSPS) is 11.7. The average molecular weight is 366 g/mol. The van der Waals surface area contributed by atoms with Crippen LogP contribution in [0.15, 0.2) is 53.0 Å². The van der Waals surface area contributed by atoms with Crippen LogP contribution in [0.3, 0.4) is 0 Å². The number of carbonyl (C=O) groups is 2. The Balaban J connectivity index is 2.14. The first-order valence-corrected chi connectivity index (χ1v) is 7.29. The Morgan fingerprint density at radius 2 is 1.91 bits per heavy atom. The highest BCUT2D eigenvalue weighted by Gasteiger charge is 2.22. The van der Waals surface area contributed by atoms with Gasteiger partial charge in [0.25, 0.3) is 5.91 Å². The summed E-state index contributed by atoms with van der Waals surface area (Å²) in [6.45, 7) is 0. The van der Waals surface area contributed by atoms with Gasteiger partial charge in [-0.3, -0.25) is 4.79 Å². The Hall–Kier alpha value is -2.21. The molecule has 0 spiro atoms. The van der Waals surface area contributed by atoms with Crippen LogP contribution in [0.25, 0.3) is 0 Å². The summed E-state index contributed by atoms with van der Waals surface area (Å²) in [4.78, 5) is 23.4. The maximum Gasteiger partial charge on any atom is 0.326 e. The van der Waals surface area contributed by atoms with Gasteiger partial charge in [-0.05, 0) is 29.8 Å². The molecule has 6 heteroatoms. The number of carboxylic acid groups (broad SMARTS) is 1. The van der Waals surface area contributed by atoms with Gasteiger partial charge in [0.1, 0.15) is 11.9 Å². The van der Waals surface area contributed by atoms with Crippen LogP contribution >= 0.6 is 15.9 Å². The lowest BCUT2D eigenvalue weighted by Crippen LogP contribution is -2.42. The maximum absolute atomic E-state index is 13.1. The smallest absolute Gasteiger partial charge is 0.326 e. The lowest BCUT2D eigenvalue weighted by atomic mass is 10.1. The van der Waals surface area contributed by atoms with E-state index in [0.717, 1.165) is 16.1 Å². The van der Waals surface area contributed by atoms with Gasteiger partial charge in [-0.1, -0.05) is 40.2 Å². The van der Waals surface area contributed by atoms with Crippen LogP contribution < -0.4 is 5.32 Å². The largest absolute Gasteiger partial charge is 0.480 e. The quantitative estimate of drug-likeness (QED) is 0.855. The van der Waals surface area contributed by atoms with E-state index in [-0.39, 0.29) is 12.0 Å². The second-order valence-electron chi connectivity index (χ2n) is 4.67. The molecule has 1 amide bonds. The third-order valence-electron chi connectivity index (χ3n) is 3.07. The molecule has 0 bridgehead atoms. The summed E-state index contributed by atoms with van der Waals surface area (Å²) in [7, 11) is 0. The maximum atomic E-state index is 13.1. The van der Waals surface area contributed by atoms with Crippen molar-refractivity contribution in [3.63, 3.8) is 0 Å². The fraction of sp³-hybridized carbons (Fsp3) is 0.125. The van der Waals surface area contributed by atoms with E-state index in [0.29, 0.717) is 0 Å². The second-order valence-corrected chi connectivity index (χ2v) is 5.52. The van der Waals surface area contributed by atoms with Crippen LogP contribution in [0.1, 0.15) is 15.9 Å². The summed E-state index contributed by atoms with van der Waals surface area (Å²) in [5.41, 5.74) is 0.841. The van der Waals surface area contributed by atoms with Crippen molar-refractivity contribution in [2.24, 2.45) is 0 Å². The molecule has 2 N–H and O–H groups in total. The lowest BCUT2D eigenvalue weighted by Gasteiger charge is -2.15. The molecule has 22 heavy (non-hydrogen) atoms. The van der Waals surface area contributed by atoms with Crippen LogP contribution in [0.5, 0.6) is 0 Å². The summed E-state index contributed by atoms with van der Waals surface area (Å²) in [6.07, 6.45) is 0.123. The van der Waals surface area contributed by atoms with Crippen LogP contribution in [0.4, 0.5) is 4.39 Å². The van der Waals surface area contributed by atoms with Crippen molar-refractivity contribution >= 4 is 27.8 Å². The third kappa shape index (κ3) is 4.14. The molecular weight excluding hydrogens is 353 g/mol. The van der Waals surface area contributed by atoms with E-state index in [9.17, 15) is 19.1 Å². The molecule has 0 aliphatic heterocycles. The number of hydrogen-bond acceptors (Lipinski definition) is 2. The van der Waals surface area contributed by atoms with E-state index in [2.05, 4.69) is 21.2 Å². The van der Waals surface area contributed by atoms with E-state index in [1.54, 1.807) is 18.2 Å². The highest BCUT2D eigenvalue weighted by Crippen LogP contribution is 2.17.